The van der Waals surface area contributed by atoms with Crippen LogP contribution in [0.3, 0.4) is 0 Å². The minimum absolute atomic E-state index is 0.218. The molecule has 4 rings (SSSR count). The van der Waals surface area contributed by atoms with Gasteiger partial charge < -0.3 is 14.8 Å². The summed E-state index contributed by atoms with van der Waals surface area (Å²) in [5.74, 6) is 0.283. The zero-order valence-corrected chi connectivity index (χ0v) is 22.1. The maximum absolute atomic E-state index is 13.1. The summed E-state index contributed by atoms with van der Waals surface area (Å²) < 4.78 is 11.8. The van der Waals surface area contributed by atoms with Gasteiger partial charge in [0.2, 0.25) is 0 Å². The van der Waals surface area contributed by atoms with E-state index in [9.17, 15) is 9.59 Å². The molecule has 1 saturated heterocycles. The molecule has 1 aliphatic rings. The van der Waals surface area contributed by atoms with Crippen molar-refractivity contribution in [1.82, 2.24) is 0 Å². The second-order valence-electron chi connectivity index (χ2n) is 7.48. The lowest BCUT2D eigenvalue weighted by molar-refractivity contribution is -0.118. The molecular formula is C26H20Cl2N2O4S2. The minimum Gasteiger partial charge on any atom is -0.490 e. The van der Waals surface area contributed by atoms with Gasteiger partial charge in [0, 0.05) is 15.7 Å². The first kappa shape index (κ1) is 26.0. The van der Waals surface area contributed by atoms with Gasteiger partial charge in [0.1, 0.15) is 0 Å². The van der Waals surface area contributed by atoms with Gasteiger partial charge in [-0.2, -0.15) is 0 Å². The number of anilines is 2. The van der Waals surface area contributed by atoms with Crippen LogP contribution in [0, 0.1) is 0 Å². The first-order valence-corrected chi connectivity index (χ1v) is 12.8. The highest BCUT2D eigenvalue weighted by molar-refractivity contribution is 8.27. The molecule has 0 unspecified atom stereocenters. The van der Waals surface area contributed by atoms with Crippen molar-refractivity contribution in [2.24, 2.45) is 0 Å². The van der Waals surface area contributed by atoms with Crippen molar-refractivity contribution in [1.29, 1.82) is 0 Å². The number of benzene rings is 3. The van der Waals surface area contributed by atoms with E-state index in [0.717, 1.165) is 5.56 Å². The van der Waals surface area contributed by atoms with Gasteiger partial charge in [-0.15, -0.1) is 0 Å². The molecule has 1 N–H and O–H groups in total. The van der Waals surface area contributed by atoms with Gasteiger partial charge in [-0.3, -0.25) is 14.5 Å². The van der Waals surface area contributed by atoms with E-state index in [1.807, 2.05) is 6.92 Å². The summed E-state index contributed by atoms with van der Waals surface area (Å²) in [5, 5.41) is 3.77. The molecule has 1 aliphatic heterocycles. The van der Waals surface area contributed by atoms with Crippen molar-refractivity contribution < 1.29 is 19.1 Å². The number of thioether (sulfide) groups is 1. The molecule has 0 atom stereocenters. The molecule has 0 radical (unpaired) electrons. The fourth-order valence-corrected chi connectivity index (χ4v) is 5.04. The normalized spacial score (nSPS) is 14.3. The van der Waals surface area contributed by atoms with Gasteiger partial charge in [0.25, 0.3) is 11.8 Å². The van der Waals surface area contributed by atoms with E-state index in [0.29, 0.717) is 48.8 Å². The summed E-state index contributed by atoms with van der Waals surface area (Å²) in [5.41, 5.74) is 1.91. The van der Waals surface area contributed by atoms with Gasteiger partial charge in [-0.05, 0) is 67.1 Å². The standard InChI is InChI=1S/C26H20Cl2N2O4S2/c1-2-33-22-11-16(9-10-21(22)34-15-24(31)29-19-7-3-5-17(27)13-19)12-23-25(32)30(26(35)36-23)20-8-4-6-18(28)14-20/h3-14H,2,15H2,1H3,(H,29,31)/b23-12-. The number of hydrogen-bond acceptors (Lipinski definition) is 6. The third-order valence-corrected chi connectivity index (χ3v) is 6.66. The third-order valence-electron chi connectivity index (χ3n) is 4.89. The highest BCUT2D eigenvalue weighted by Gasteiger charge is 2.33. The summed E-state index contributed by atoms with van der Waals surface area (Å²) in [6, 6.07) is 19.0. The topological polar surface area (TPSA) is 67.9 Å². The fourth-order valence-electron chi connectivity index (χ4n) is 3.37. The summed E-state index contributed by atoms with van der Waals surface area (Å²) in [6.45, 7) is 2.02. The van der Waals surface area contributed by atoms with Gasteiger partial charge in [-0.25, -0.2) is 0 Å². The largest absolute Gasteiger partial charge is 0.490 e. The molecule has 0 aromatic heterocycles. The fraction of sp³-hybridized carbons (Fsp3) is 0.115. The number of carbonyl (C=O) groups excluding carboxylic acids is 2. The zero-order valence-electron chi connectivity index (χ0n) is 19.0. The Morgan fingerprint density at radius 3 is 2.50 bits per heavy atom. The predicted molar refractivity (Wildman–Crippen MR) is 150 cm³/mol. The van der Waals surface area contributed by atoms with E-state index in [1.54, 1.807) is 72.8 Å². The third kappa shape index (κ3) is 6.39. The maximum atomic E-state index is 13.1. The molecule has 0 bridgehead atoms. The molecule has 10 heteroatoms. The van der Waals surface area contributed by atoms with E-state index in [2.05, 4.69) is 5.32 Å². The Morgan fingerprint density at radius 1 is 1.03 bits per heavy atom. The van der Waals surface area contributed by atoms with E-state index in [1.165, 1.54) is 16.7 Å². The van der Waals surface area contributed by atoms with Crippen molar-refractivity contribution in [3.63, 3.8) is 0 Å². The lowest BCUT2D eigenvalue weighted by atomic mass is 10.1. The van der Waals surface area contributed by atoms with E-state index in [-0.39, 0.29) is 18.4 Å². The smallest absolute Gasteiger partial charge is 0.270 e. The van der Waals surface area contributed by atoms with Crippen molar-refractivity contribution in [3.8, 4) is 11.5 Å². The number of hydrogen-bond donors (Lipinski definition) is 1. The number of rotatable bonds is 8. The Balaban J connectivity index is 1.48. The van der Waals surface area contributed by atoms with Crippen LogP contribution in [0.1, 0.15) is 12.5 Å². The molecule has 2 amide bonds. The molecule has 1 heterocycles. The van der Waals surface area contributed by atoms with Crippen LogP contribution >= 0.6 is 47.2 Å². The van der Waals surface area contributed by atoms with Crippen LogP contribution in [0.4, 0.5) is 11.4 Å². The van der Waals surface area contributed by atoms with Crippen LogP contribution in [0.15, 0.2) is 71.6 Å². The summed E-state index contributed by atoms with van der Waals surface area (Å²) in [6.07, 6.45) is 1.74. The number of thiocarbonyl (C=S) groups is 1. The molecule has 0 saturated carbocycles. The Hall–Kier alpha value is -3.04. The second-order valence-corrected chi connectivity index (χ2v) is 10.0. The van der Waals surface area contributed by atoms with E-state index >= 15 is 0 Å². The second kappa shape index (κ2) is 11.8. The lowest BCUT2D eigenvalue weighted by Gasteiger charge is -2.14. The molecule has 0 aliphatic carbocycles. The van der Waals surface area contributed by atoms with Crippen molar-refractivity contribution in [2.75, 3.05) is 23.4 Å². The van der Waals surface area contributed by atoms with Gasteiger partial charge in [0.15, 0.2) is 22.4 Å². The summed E-state index contributed by atoms with van der Waals surface area (Å²) in [7, 11) is 0. The Labute approximate surface area is 228 Å². The highest BCUT2D eigenvalue weighted by atomic mass is 35.5. The number of nitrogens with one attached hydrogen (secondary N) is 1. The van der Waals surface area contributed by atoms with Crippen LogP contribution in [0.25, 0.3) is 6.08 Å². The first-order valence-electron chi connectivity index (χ1n) is 10.8. The Bertz CT molecular complexity index is 1360. The molecule has 6 nitrogen and oxygen atoms in total. The molecule has 1 fully saturated rings. The lowest BCUT2D eigenvalue weighted by Crippen LogP contribution is -2.27. The molecule has 3 aromatic carbocycles. The first-order chi connectivity index (χ1) is 17.3. The van der Waals surface area contributed by atoms with E-state index in [4.69, 9.17) is 44.9 Å². The predicted octanol–water partition coefficient (Wildman–Crippen LogP) is 6.82. The summed E-state index contributed by atoms with van der Waals surface area (Å²) in [4.78, 5) is 27.3. The summed E-state index contributed by atoms with van der Waals surface area (Å²) >= 11 is 18.7. The monoisotopic (exact) mass is 558 g/mol. The zero-order chi connectivity index (χ0) is 25.7. The molecule has 36 heavy (non-hydrogen) atoms. The minimum atomic E-state index is -0.339. The van der Waals surface area contributed by atoms with Crippen LogP contribution < -0.4 is 19.7 Å². The van der Waals surface area contributed by atoms with Crippen LogP contribution in [-0.2, 0) is 9.59 Å². The maximum Gasteiger partial charge on any atom is 0.270 e. The number of nitrogens with zero attached hydrogens (tertiary/aromatic N) is 1. The van der Waals surface area contributed by atoms with Crippen LogP contribution in [-0.4, -0.2) is 29.3 Å². The van der Waals surface area contributed by atoms with Crippen LogP contribution in [0.5, 0.6) is 11.5 Å². The number of ether oxygens (including phenoxy) is 2. The van der Waals surface area contributed by atoms with E-state index < -0.39 is 0 Å². The van der Waals surface area contributed by atoms with Gasteiger partial charge >= 0.3 is 0 Å². The number of halogens is 2. The molecule has 184 valence electrons. The molecular weight excluding hydrogens is 539 g/mol. The number of carbonyl (C=O) groups is 2. The SMILES string of the molecule is CCOc1cc(/C=C2\SC(=S)N(c3cccc(Cl)c3)C2=O)ccc1OCC(=O)Nc1cccc(Cl)c1. The quantitative estimate of drug-likeness (QED) is 0.242. The molecule has 0 spiro atoms. The average Bonchev–Trinajstić information content (AvgIpc) is 3.11. The Morgan fingerprint density at radius 2 is 1.78 bits per heavy atom. The van der Waals surface area contributed by atoms with Crippen LogP contribution in [0.2, 0.25) is 10.0 Å². The van der Waals surface area contributed by atoms with Crippen molar-refractivity contribution in [3.05, 3.63) is 87.2 Å². The van der Waals surface area contributed by atoms with Crippen molar-refractivity contribution in [2.45, 2.75) is 6.92 Å². The van der Waals surface area contributed by atoms with Crippen molar-refractivity contribution >= 4 is 80.8 Å². The highest BCUT2D eigenvalue weighted by Crippen LogP contribution is 2.38. The Kier molecular flexibility index (Phi) is 8.53. The number of amides is 2. The molecule has 3 aromatic rings. The average molecular weight is 559 g/mol. The van der Waals surface area contributed by atoms with Gasteiger partial charge in [0.05, 0.1) is 17.2 Å². The van der Waals surface area contributed by atoms with Gasteiger partial charge in [-0.1, -0.05) is 65.4 Å².